The molecule has 2 rings (SSSR count). The van der Waals surface area contributed by atoms with Gasteiger partial charge in [-0.25, -0.2) is 0 Å². The van der Waals surface area contributed by atoms with E-state index >= 15 is 0 Å². The molecule has 0 bridgehead atoms. The maximum atomic E-state index is 13.0. The van der Waals surface area contributed by atoms with E-state index in [1.807, 2.05) is 48.5 Å². The van der Waals surface area contributed by atoms with Crippen LogP contribution in [0, 0.1) is 0 Å². The average molecular weight is 747 g/mol. The Morgan fingerprint density at radius 3 is 0.907 bits per heavy atom. The Kier molecular flexibility index (Phi) is 28.6. The largest absolute Gasteiger partial charge is 0.351 e. The third-order valence-electron chi connectivity index (χ3n) is 10.9. The molecule has 6 nitrogen and oxygen atoms in total. The third-order valence-corrected chi connectivity index (χ3v) is 10.9. The van der Waals surface area contributed by atoms with Crippen molar-refractivity contribution in [2.75, 3.05) is 52.4 Å². The van der Waals surface area contributed by atoms with E-state index in [4.69, 9.17) is 0 Å². The van der Waals surface area contributed by atoms with Crippen LogP contribution in [-0.2, 0) is 0 Å². The van der Waals surface area contributed by atoms with Gasteiger partial charge in [-0.3, -0.25) is 9.59 Å². The van der Waals surface area contributed by atoms with Crippen LogP contribution in [0.25, 0.3) is 11.1 Å². The fourth-order valence-corrected chi connectivity index (χ4v) is 7.27. The Morgan fingerprint density at radius 2 is 0.630 bits per heavy atom. The second-order valence-electron chi connectivity index (χ2n) is 15.7. The van der Waals surface area contributed by atoms with E-state index in [-0.39, 0.29) is 11.8 Å². The summed E-state index contributed by atoms with van der Waals surface area (Å²) in [6.45, 7) is 16.7. The van der Waals surface area contributed by atoms with Gasteiger partial charge in [0.2, 0.25) is 0 Å². The van der Waals surface area contributed by atoms with Gasteiger partial charge in [-0.2, -0.15) is 0 Å². The predicted octanol–water partition coefficient (Wildman–Crippen LogP) is 12.1. The van der Waals surface area contributed by atoms with Crippen LogP contribution < -0.4 is 10.6 Å². The van der Waals surface area contributed by atoms with Crippen molar-refractivity contribution in [1.82, 2.24) is 20.4 Å². The number of nitrogens with one attached hydrogen (secondary N) is 2. The Labute approximate surface area is 333 Å². The van der Waals surface area contributed by atoms with Crippen LogP contribution in [0.4, 0.5) is 0 Å². The summed E-state index contributed by atoms with van der Waals surface area (Å²) in [4.78, 5) is 31.2. The first-order valence-corrected chi connectivity index (χ1v) is 22.7. The van der Waals surface area contributed by atoms with E-state index in [9.17, 15) is 9.59 Å². The zero-order valence-corrected chi connectivity index (χ0v) is 35.5. The van der Waals surface area contributed by atoms with E-state index in [0.29, 0.717) is 24.2 Å². The van der Waals surface area contributed by atoms with Crippen molar-refractivity contribution < 1.29 is 9.59 Å². The Morgan fingerprint density at radius 1 is 0.370 bits per heavy atom. The first-order chi connectivity index (χ1) is 26.5. The predicted molar refractivity (Wildman–Crippen MR) is 234 cm³/mol. The molecule has 2 aromatic carbocycles. The second-order valence-corrected chi connectivity index (χ2v) is 15.7. The molecule has 0 fully saturated rings. The highest BCUT2D eigenvalue weighted by Gasteiger charge is 2.11. The molecule has 0 aliphatic rings. The lowest BCUT2D eigenvalue weighted by atomic mass is 10.0. The van der Waals surface area contributed by atoms with Crippen molar-refractivity contribution in [3.63, 3.8) is 0 Å². The Balaban J connectivity index is 1.81. The van der Waals surface area contributed by atoms with Gasteiger partial charge < -0.3 is 20.4 Å². The van der Waals surface area contributed by atoms with Gasteiger partial charge in [0.1, 0.15) is 0 Å². The topological polar surface area (TPSA) is 64.7 Å². The molecule has 0 radical (unpaired) electrons. The zero-order valence-electron chi connectivity index (χ0n) is 35.5. The van der Waals surface area contributed by atoms with Crippen molar-refractivity contribution in [1.29, 1.82) is 0 Å². The molecule has 0 aromatic heterocycles. The van der Waals surface area contributed by atoms with Crippen LogP contribution in [0.3, 0.4) is 0 Å². The lowest BCUT2D eigenvalue weighted by Gasteiger charge is -2.22. The molecule has 0 saturated heterocycles. The van der Waals surface area contributed by atoms with Crippen molar-refractivity contribution in [3.05, 3.63) is 59.7 Å². The summed E-state index contributed by atoms with van der Waals surface area (Å²) in [5.41, 5.74) is 3.44. The molecule has 0 spiro atoms. The molecule has 0 aliphatic heterocycles. The number of amides is 2. The monoisotopic (exact) mass is 747 g/mol. The summed E-state index contributed by atoms with van der Waals surface area (Å²) in [5.74, 6) is -0.0314. The summed E-state index contributed by atoms with van der Waals surface area (Å²) in [5, 5.41) is 6.34. The average Bonchev–Trinajstić information content (AvgIpc) is 3.19. The molecule has 6 heteroatoms. The van der Waals surface area contributed by atoms with Crippen LogP contribution in [0.1, 0.15) is 190 Å². The van der Waals surface area contributed by atoms with Gasteiger partial charge in [0.25, 0.3) is 11.8 Å². The second kappa shape index (κ2) is 32.5. The van der Waals surface area contributed by atoms with Crippen LogP contribution in [0.2, 0.25) is 0 Å². The number of unbranched alkanes of at least 4 members (excludes halogenated alkanes) is 18. The van der Waals surface area contributed by atoms with E-state index in [1.165, 1.54) is 141 Å². The van der Waals surface area contributed by atoms with Crippen molar-refractivity contribution in [3.8, 4) is 11.1 Å². The summed E-state index contributed by atoms with van der Waals surface area (Å²) in [6.07, 6.45) is 28.7. The number of carbonyl (C=O) groups excluding carboxylic acids is 2. The quantitative estimate of drug-likeness (QED) is 0.0689. The highest BCUT2D eigenvalue weighted by Crippen LogP contribution is 2.21. The van der Waals surface area contributed by atoms with Gasteiger partial charge in [0.05, 0.1) is 0 Å². The summed E-state index contributed by atoms with van der Waals surface area (Å²) < 4.78 is 0. The van der Waals surface area contributed by atoms with Gasteiger partial charge in [-0.05, 0) is 87.3 Å². The molecule has 0 saturated carbocycles. The molecule has 54 heavy (non-hydrogen) atoms. The van der Waals surface area contributed by atoms with Crippen LogP contribution in [0.5, 0.6) is 0 Å². The van der Waals surface area contributed by atoms with Gasteiger partial charge in [-0.15, -0.1) is 0 Å². The van der Waals surface area contributed by atoms with Crippen molar-refractivity contribution in [2.24, 2.45) is 0 Å². The lowest BCUT2D eigenvalue weighted by molar-refractivity contribution is 0.0939. The highest BCUT2D eigenvalue weighted by molar-refractivity contribution is 5.95. The lowest BCUT2D eigenvalue weighted by Crippen LogP contribution is -2.36. The number of carbonyl (C=O) groups is 2. The van der Waals surface area contributed by atoms with Crippen LogP contribution in [-0.4, -0.2) is 74.0 Å². The number of benzene rings is 2. The van der Waals surface area contributed by atoms with E-state index in [2.05, 4.69) is 48.1 Å². The summed E-state index contributed by atoms with van der Waals surface area (Å²) >= 11 is 0. The minimum atomic E-state index is -0.0157. The molecule has 2 amide bonds. The van der Waals surface area contributed by atoms with Crippen molar-refractivity contribution >= 4 is 11.8 Å². The third kappa shape index (κ3) is 22.6. The van der Waals surface area contributed by atoms with Crippen LogP contribution >= 0.6 is 0 Å². The smallest absolute Gasteiger partial charge is 0.251 e. The first kappa shape index (κ1) is 47.5. The standard InChI is InChI=1S/C48H82N4O2/c1-5-9-13-17-21-25-39-51(37-23-19-15-11-7-3)41-35-49-47(53)45-31-27-43(28-32-45)44-29-33-46(34-30-44)48(54)50-36-42-52(38-24-20-16-12-8-4)40-26-22-18-14-10-6-2/h27-34H,5-26,35-42H2,1-4H3,(H,49,53)(H,50,54). The molecule has 2 N–H and O–H groups in total. The number of hydrogen-bond acceptors (Lipinski definition) is 4. The van der Waals surface area contributed by atoms with Crippen molar-refractivity contribution in [2.45, 2.75) is 169 Å². The SMILES string of the molecule is CCCCCCCCN(CCCCCCC)CCNC(=O)c1ccc(-c2ccc(C(=O)NCCN(CCCCCCC)CCCCCCCC)cc2)cc1. The highest BCUT2D eigenvalue weighted by atomic mass is 16.2. The van der Waals surface area contributed by atoms with Gasteiger partial charge >= 0.3 is 0 Å². The molecule has 2 aromatic rings. The molecular weight excluding hydrogens is 665 g/mol. The minimum absolute atomic E-state index is 0.0157. The van der Waals surface area contributed by atoms with Gasteiger partial charge in [-0.1, -0.05) is 168 Å². The molecular formula is C48H82N4O2. The zero-order chi connectivity index (χ0) is 38.9. The van der Waals surface area contributed by atoms with E-state index < -0.39 is 0 Å². The van der Waals surface area contributed by atoms with Crippen LogP contribution in [0.15, 0.2) is 48.5 Å². The van der Waals surface area contributed by atoms with E-state index in [1.54, 1.807) is 0 Å². The number of hydrogen-bond donors (Lipinski definition) is 2. The molecule has 0 heterocycles. The Hall–Kier alpha value is -2.70. The van der Waals surface area contributed by atoms with Gasteiger partial charge in [0, 0.05) is 37.3 Å². The fraction of sp³-hybridized carbons (Fsp3) is 0.708. The number of nitrogens with zero attached hydrogens (tertiary/aromatic N) is 2. The Bertz CT molecular complexity index is 1090. The summed E-state index contributed by atoms with van der Waals surface area (Å²) in [6, 6.07) is 15.7. The molecule has 0 unspecified atom stereocenters. The van der Waals surface area contributed by atoms with E-state index in [0.717, 1.165) is 50.4 Å². The molecule has 0 aliphatic carbocycles. The maximum absolute atomic E-state index is 13.0. The minimum Gasteiger partial charge on any atom is -0.351 e. The normalized spacial score (nSPS) is 11.4. The molecule has 306 valence electrons. The van der Waals surface area contributed by atoms with Gasteiger partial charge in [0.15, 0.2) is 0 Å². The number of rotatable bonds is 35. The maximum Gasteiger partial charge on any atom is 0.251 e. The first-order valence-electron chi connectivity index (χ1n) is 22.7. The summed E-state index contributed by atoms with van der Waals surface area (Å²) in [7, 11) is 0. The molecule has 0 atom stereocenters. The fourth-order valence-electron chi connectivity index (χ4n) is 7.27.